The van der Waals surface area contributed by atoms with Crippen LogP contribution in [0, 0.1) is 5.82 Å². The van der Waals surface area contributed by atoms with Crippen LogP contribution in [0.4, 0.5) is 10.3 Å². The number of nitrogens with zero attached hydrogens (tertiary/aromatic N) is 7. The third-order valence-corrected chi connectivity index (χ3v) is 4.28. The van der Waals surface area contributed by atoms with Gasteiger partial charge in [-0.15, -0.1) is 5.10 Å². The van der Waals surface area contributed by atoms with E-state index in [9.17, 15) is 4.39 Å². The van der Waals surface area contributed by atoms with E-state index in [4.69, 9.17) is 5.73 Å². The minimum atomic E-state index is -0.427. The molecule has 0 aliphatic rings. The Bertz CT molecular complexity index is 1280. The van der Waals surface area contributed by atoms with E-state index in [2.05, 4.69) is 25.3 Å². The van der Waals surface area contributed by atoms with E-state index in [1.807, 2.05) is 18.3 Å². The number of nitrogens with two attached hydrogens (primary N) is 1. The third-order valence-electron chi connectivity index (χ3n) is 4.28. The molecular formula is C18H13FN8. The first kappa shape index (κ1) is 15.4. The lowest BCUT2D eigenvalue weighted by molar-refractivity contribution is 0.636. The molecule has 1 aromatic carbocycles. The second-order valence-corrected chi connectivity index (χ2v) is 6.07. The summed E-state index contributed by atoms with van der Waals surface area (Å²) in [6, 6.07) is 8.51. The summed E-state index contributed by atoms with van der Waals surface area (Å²) < 4.78 is 17.4. The van der Waals surface area contributed by atoms with Crippen LogP contribution in [0.15, 0.2) is 55.1 Å². The van der Waals surface area contributed by atoms with Crippen LogP contribution in [0.2, 0.25) is 0 Å². The molecule has 0 radical (unpaired) electrons. The predicted octanol–water partition coefficient (Wildman–Crippen LogP) is 2.31. The summed E-state index contributed by atoms with van der Waals surface area (Å²) in [5.41, 5.74) is 9.06. The zero-order valence-corrected chi connectivity index (χ0v) is 14.0. The number of rotatable bonds is 3. The Morgan fingerprint density at radius 1 is 1.07 bits per heavy atom. The highest BCUT2D eigenvalue weighted by atomic mass is 19.1. The molecule has 5 rings (SSSR count). The number of aromatic nitrogens is 7. The van der Waals surface area contributed by atoms with E-state index in [-0.39, 0.29) is 11.5 Å². The largest absolute Gasteiger partial charge is 0.369 e. The van der Waals surface area contributed by atoms with Crippen molar-refractivity contribution in [1.29, 1.82) is 0 Å². The minimum Gasteiger partial charge on any atom is -0.369 e. The monoisotopic (exact) mass is 360 g/mol. The van der Waals surface area contributed by atoms with Gasteiger partial charge in [0.15, 0.2) is 0 Å². The number of hydrogen-bond donors (Lipinski definition) is 1. The van der Waals surface area contributed by atoms with Gasteiger partial charge in [0.1, 0.15) is 22.7 Å². The van der Waals surface area contributed by atoms with E-state index in [1.165, 1.54) is 6.07 Å². The number of benzene rings is 1. The molecule has 4 heterocycles. The van der Waals surface area contributed by atoms with E-state index in [0.29, 0.717) is 23.3 Å². The molecule has 8 nitrogen and oxygen atoms in total. The SMILES string of the molecule is Nc1nc2c(F)cccc2c2nc(Cn3cc(-c4cccnc4)nn3)cn12. The summed E-state index contributed by atoms with van der Waals surface area (Å²) in [4.78, 5) is 12.8. The molecule has 0 amide bonds. The topological polar surface area (TPSA) is 99.8 Å². The quantitative estimate of drug-likeness (QED) is 0.530. The summed E-state index contributed by atoms with van der Waals surface area (Å²) in [7, 11) is 0. The maximum Gasteiger partial charge on any atom is 0.206 e. The first-order chi connectivity index (χ1) is 13.2. The van der Waals surface area contributed by atoms with Crippen molar-refractivity contribution in [3.63, 3.8) is 0 Å². The number of halogens is 1. The van der Waals surface area contributed by atoms with Crippen molar-refractivity contribution in [3.05, 3.63) is 66.6 Å². The van der Waals surface area contributed by atoms with Gasteiger partial charge in [0.25, 0.3) is 0 Å². The molecule has 5 aromatic rings. The Labute approximate surface area is 152 Å². The normalized spacial score (nSPS) is 11.4. The number of anilines is 1. The van der Waals surface area contributed by atoms with Crippen LogP contribution in [0.1, 0.15) is 5.69 Å². The van der Waals surface area contributed by atoms with Crippen LogP contribution >= 0.6 is 0 Å². The zero-order chi connectivity index (χ0) is 18.4. The van der Waals surface area contributed by atoms with Crippen LogP contribution in [0.3, 0.4) is 0 Å². The van der Waals surface area contributed by atoms with Gasteiger partial charge in [-0.3, -0.25) is 9.38 Å². The fourth-order valence-corrected chi connectivity index (χ4v) is 3.04. The van der Waals surface area contributed by atoms with E-state index in [1.54, 1.807) is 39.8 Å². The van der Waals surface area contributed by atoms with Gasteiger partial charge in [0.2, 0.25) is 5.95 Å². The molecule has 0 spiro atoms. The summed E-state index contributed by atoms with van der Waals surface area (Å²) in [5, 5.41) is 8.91. The maximum absolute atomic E-state index is 14.0. The van der Waals surface area contributed by atoms with Gasteiger partial charge >= 0.3 is 0 Å². The van der Waals surface area contributed by atoms with E-state index < -0.39 is 5.82 Å². The second-order valence-electron chi connectivity index (χ2n) is 6.07. The van der Waals surface area contributed by atoms with Crippen LogP contribution in [-0.2, 0) is 6.54 Å². The molecule has 0 bridgehead atoms. The Balaban J connectivity index is 1.55. The number of para-hydroxylation sites is 1. The molecular weight excluding hydrogens is 347 g/mol. The van der Waals surface area contributed by atoms with Crippen molar-refractivity contribution in [3.8, 4) is 11.3 Å². The average molecular weight is 360 g/mol. The highest BCUT2D eigenvalue weighted by molar-refractivity contribution is 5.92. The molecule has 27 heavy (non-hydrogen) atoms. The standard InChI is InChI=1S/C18H13FN8/c19-14-5-1-4-13-16(14)23-18(20)27-9-12(22-17(13)27)8-26-10-15(24-25-26)11-3-2-6-21-7-11/h1-7,9-10H,8H2,(H2,20,23). The van der Waals surface area contributed by atoms with Gasteiger partial charge in [-0.2, -0.15) is 0 Å². The Morgan fingerprint density at radius 2 is 2.00 bits per heavy atom. The van der Waals surface area contributed by atoms with E-state index in [0.717, 1.165) is 11.3 Å². The van der Waals surface area contributed by atoms with Crippen molar-refractivity contribution in [2.75, 3.05) is 5.73 Å². The van der Waals surface area contributed by atoms with Crippen LogP contribution in [-0.4, -0.2) is 34.3 Å². The number of nitrogen functional groups attached to an aromatic ring is 1. The summed E-state index contributed by atoms with van der Waals surface area (Å²) >= 11 is 0. The molecule has 0 aliphatic carbocycles. The van der Waals surface area contributed by atoms with Crippen molar-refractivity contribution in [1.82, 2.24) is 34.3 Å². The van der Waals surface area contributed by atoms with Gasteiger partial charge in [-0.25, -0.2) is 19.0 Å². The molecule has 0 saturated carbocycles. The smallest absolute Gasteiger partial charge is 0.206 e. The Morgan fingerprint density at radius 3 is 2.85 bits per heavy atom. The van der Waals surface area contributed by atoms with Gasteiger partial charge in [-0.05, 0) is 24.3 Å². The van der Waals surface area contributed by atoms with Gasteiger partial charge in [0.05, 0.1) is 18.4 Å². The third kappa shape index (κ3) is 2.56. The molecule has 0 aliphatic heterocycles. The first-order valence-electron chi connectivity index (χ1n) is 8.21. The van der Waals surface area contributed by atoms with Crippen molar-refractivity contribution >= 4 is 22.5 Å². The molecule has 4 aromatic heterocycles. The van der Waals surface area contributed by atoms with Crippen LogP contribution < -0.4 is 5.73 Å². The molecule has 9 heteroatoms. The fourth-order valence-electron chi connectivity index (χ4n) is 3.04. The maximum atomic E-state index is 14.0. The molecule has 0 saturated heterocycles. The molecule has 2 N–H and O–H groups in total. The van der Waals surface area contributed by atoms with Crippen molar-refractivity contribution in [2.24, 2.45) is 0 Å². The van der Waals surface area contributed by atoms with Gasteiger partial charge < -0.3 is 5.73 Å². The first-order valence-corrected chi connectivity index (χ1v) is 8.21. The highest BCUT2D eigenvalue weighted by Gasteiger charge is 2.13. The van der Waals surface area contributed by atoms with Crippen molar-refractivity contribution < 1.29 is 4.39 Å². The fraction of sp³-hybridized carbons (Fsp3) is 0.0556. The van der Waals surface area contributed by atoms with E-state index >= 15 is 0 Å². The Hall–Kier alpha value is -3.88. The lowest BCUT2D eigenvalue weighted by Crippen LogP contribution is -2.01. The summed E-state index contributed by atoms with van der Waals surface area (Å²) in [6.07, 6.45) is 7.02. The minimum absolute atomic E-state index is 0.177. The molecule has 132 valence electrons. The molecule has 0 fully saturated rings. The van der Waals surface area contributed by atoms with Gasteiger partial charge in [0, 0.05) is 29.5 Å². The highest BCUT2D eigenvalue weighted by Crippen LogP contribution is 2.23. The second kappa shape index (κ2) is 5.84. The lowest BCUT2D eigenvalue weighted by Gasteiger charge is -2.03. The summed E-state index contributed by atoms with van der Waals surface area (Å²) in [6.45, 7) is 0.394. The van der Waals surface area contributed by atoms with Gasteiger partial charge in [-0.1, -0.05) is 11.3 Å². The number of imidazole rings is 1. The van der Waals surface area contributed by atoms with Crippen LogP contribution in [0.25, 0.3) is 27.8 Å². The number of pyridine rings is 1. The van der Waals surface area contributed by atoms with Crippen molar-refractivity contribution in [2.45, 2.75) is 6.54 Å². The van der Waals surface area contributed by atoms with Crippen LogP contribution in [0.5, 0.6) is 0 Å². The zero-order valence-electron chi connectivity index (χ0n) is 14.0. The average Bonchev–Trinajstić information content (AvgIpc) is 3.32. The predicted molar refractivity (Wildman–Crippen MR) is 97.2 cm³/mol. The summed E-state index contributed by atoms with van der Waals surface area (Å²) in [5.74, 6) is -0.250. The number of fused-ring (bicyclic) bond motifs is 3. The Kier molecular flexibility index (Phi) is 3.32. The number of hydrogen-bond acceptors (Lipinski definition) is 6. The lowest BCUT2D eigenvalue weighted by atomic mass is 10.2. The molecule has 0 unspecified atom stereocenters. The molecule has 0 atom stereocenters.